The van der Waals surface area contributed by atoms with Crippen LogP contribution in [0.4, 0.5) is 17.6 Å². The molecule has 0 bridgehead atoms. The van der Waals surface area contributed by atoms with Gasteiger partial charge in [-0.3, -0.25) is 5.32 Å². The quantitative estimate of drug-likeness (QED) is 0.843. The first-order chi connectivity index (χ1) is 9.91. The molecule has 21 heavy (non-hydrogen) atoms. The number of hydrogen-bond acceptors (Lipinski definition) is 2. The number of alkyl halides is 3. The molecule has 2 rings (SSSR count). The summed E-state index contributed by atoms with van der Waals surface area (Å²) in [7, 11) is 0. The molecule has 114 valence electrons. The van der Waals surface area contributed by atoms with E-state index in [0.717, 1.165) is 44.2 Å². The number of nitrogens with zero attached hydrogens (tertiary/aromatic N) is 1. The maximum atomic E-state index is 13.1. The monoisotopic (exact) mass is 300 g/mol. The van der Waals surface area contributed by atoms with Gasteiger partial charge in [0.05, 0.1) is 11.6 Å². The van der Waals surface area contributed by atoms with Gasteiger partial charge in [-0.2, -0.15) is 18.4 Å². The SMILES string of the molecule is N#CC(NC1CCCCC1)c1ccc(F)cc1C(F)(F)F. The predicted octanol–water partition coefficient (Wildman–Crippen LogP) is 4.33. The van der Waals surface area contributed by atoms with Crippen LogP contribution in [0.2, 0.25) is 0 Å². The third-order valence-corrected chi connectivity index (χ3v) is 3.77. The molecule has 0 aliphatic heterocycles. The summed E-state index contributed by atoms with van der Waals surface area (Å²) in [6.45, 7) is 0. The third-order valence-electron chi connectivity index (χ3n) is 3.77. The van der Waals surface area contributed by atoms with Crippen molar-refractivity contribution < 1.29 is 17.6 Å². The Kier molecular flexibility index (Phi) is 4.84. The Morgan fingerprint density at radius 3 is 2.43 bits per heavy atom. The van der Waals surface area contributed by atoms with Crippen LogP contribution in [0.25, 0.3) is 0 Å². The van der Waals surface area contributed by atoms with Crippen LogP contribution < -0.4 is 5.32 Å². The lowest BCUT2D eigenvalue weighted by atomic mass is 9.93. The van der Waals surface area contributed by atoms with Gasteiger partial charge >= 0.3 is 6.18 Å². The van der Waals surface area contributed by atoms with Crippen molar-refractivity contribution in [1.82, 2.24) is 5.32 Å². The minimum atomic E-state index is -4.68. The smallest absolute Gasteiger partial charge is 0.295 e. The Hall–Kier alpha value is -1.61. The fourth-order valence-corrected chi connectivity index (χ4v) is 2.73. The van der Waals surface area contributed by atoms with Gasteiger partial charge in [0, 0.05) is 6.04 Å². The van der Waals surface area contributed by atoms with Crippen molar-refractivity contribution >= 4 is 0 Å². The van der Waals surface area contributed by atoms with Crippen LogP contribution in [-0.2, 0) is 6.18 Å². The molecule has 0 amide bonds. The highest BCUT2D eigenvalue weighted by Crippen LogP contribution is 2.35. The molecule has 6 heteroatoms. The van der Waals surface area contributed by atoms with Crippen molar-refractivity contribution in [2.75, 3.05) is 0 Å². The van der Waals surface area contributed by atoms with Gasteiger partial charge in [-0.05, 0) is 30.5 Å². The molecule has 0 saturated heterocycles. The van der Waals surface area contributed by atoms with Gasteiger partial charge in [-0.15, -0.1) is 0 Å². The molecule has 0 heterocycles. The minimum absolute atomic E-state index is 0.0366. The molecule has 0 spiro atoms. The van der Waals surface area contributed by atoms with E-state index in [4.69, 9.17) is 0 Å². The van der Waals surface area contributed by atoms with E-state index in [2.05, 4.69) is 5.32 Å². The maximum Gasteiger partial charge on any atom is 0.416 e. The lowest BCUT2D eigenvalue weighted by Gasteiger charge is -2.26. The number of rotatable bonds is 3. The average Bonchev–Trinajstić information content (AvgIpc) is 2.45. The highest BCUT2D eigenvalue weighted by atomic mass is 19.4. The summed E-state index contributed by atoms with van der Waals surface area (Å²) in [5.41, 5.74) is -1.30. The molecule has 1 unspecified atom stereocenters. The summed E-state index contributed by atoms with van der Waals surface area (Å²) in [6, 6.07) is 3.27. The van der Waals surface area contributed by atoms with Gasteiger partial charge < -0.3 is 0 Å². The van der Waals surface area contributed by atoms with Crippen LogP contribution in [-0.4, -0.2) is 6.04 Å². The Labute approximate surface area is 120 Å². The number of benzene rings is 1. The summed E-state index contributed by atoms with van der Waals surface area (Å²) in [6.07, 6.45) is 0.138. The molecule has 1 saturated carbocycles. The summed E-state index contributed by atoms with van der Waals surface area (Å²) in [5, 5.41) is 12.2. The van der Waals surface area contributed by atoms with Crippen LogP contribution in [0.5, 0.6) is 0 Å². The number of halogens is 4. The van der Waals surface area contributed by atoms with E-state index in [9.17, 15) is 22.8 Å². The van der Waals surface area contributed by atoms with Crippen LogP contribution in [0.1, 0.15) is 49.3 Å². The van der Waals surface area contributed by atoms with E-state index in [1.165, 1.54) is 0 Å². The van der Waals surface area contributed by atoms with Gasteiger partial charge in [0.2, 0.25) is 0 Å². The van der Waals surface area contributed by atoms with Crippen LogP contribution in [0.15, 0.2) is 18.2 Å². The summed E-state index contributed by atoms with van der Waals surface area (Å²) >= 11 is 0. The molecule has 1 atom stereocenters. The van der Waals surface area contributed by atoms with E-state index < -0.39 is 23.6 Å². The van der Waals surface area contributed by atoms with E-state index >= 15 is 0 Å². The van der Waals surface area contributed by atoms with E-state index in [1.54, 1.807) is 0 Å². The molecule has 1 fully saturated rings. The topological polar surface area (TPSA) is 35.8 Å². The lowest BCUT2D eigenvalue weighted by molar-refractivity contribution is -0.138. The normalized spacial score (nSPS) is 18.2. The van der Waals surface area contributed by atoms with Gasteiger partial charge in [-0.1, -0.05) is 25.3 Å². The zero-order chi connectivity index (χ0) is 15.5. The molecule has 1 aromatic carbocycles. The van der Waals surface area contributed by atoms with Gasteiger partial charge in [0.1, 0.15) is 11.9 Å². The zero-order valence-electron chi connectivity index (χ0n) is 11.4. The molecule has 1 aliphatic carbocycles. The fraction of sp³-hybridized carbons (Fsp3) is 0.533. The maximum absolute atomic E-state index is 13.1. The summed E-state index contributed by atoms with van der Waals surface area (Å²) in [4.78, 5) is 0. The average molecular weight is 300 g/mol. The minimum Gasteiger partial charge on any atom is -0.295 e. The van der Waals surface area contributed by atoms with Crippen molar-refractivity contribution in [3.63, 3.8) is 0 Å². The Morgan fingerprint density at radius 1 is 1.19 bits per heavy atom. The Bertz CT molecular complexity index is 527. The molecule has 0 radical (unpaired) electrons. The second-order valence-corrected chi connectivity index (χ2v) is 5.29. The number of nitrogens with one attached hydrogen (secondary N) is 1. The molecule has 2 nitrogen and oxygen atoms in total. The second kappa shape index (κ2) is 6.44. The molecule has 1 aromatic rings. The predicted molar refractivity (Wildman–Crippen MR) is 69.8 cm³/mol. The molecular formula is C15H16F4N2. The summed E-state index contributed by atoms with van der Waals surface area (Å²) < 4.78 is 52.1. The summed E-state index contributed by atoms with van der Waals surface area (Å²) in [5.74, 6) is -0.958. The standard InChI is InChI=1S/C15H16F4N2/c16-10-6-7-12(13(8-10)15(17,18)19)14(9-20)21-11-4-2-1-3-5-11/h6-8,11,14,21H,1-5H2. The van der Waals surface area contributed by atoms with Crippen molar-refractivity contribution in [3.8, 4) is 6.07 Å². The first kappa shape index (κ1) is 15.8. The number of nitriles is 1. The van der Waals surface area contributed by atoms with Gasteiger partial charge in [0.15, 0.2) is 0 Å². The van der Waals surface area contributed by atoms with Crippen LogP contribution >= 0.6 is 0 Å². The van der Waals surface area contributed by atoms with E-state index in [0.29, 0.717) is 6.07 Å². The molecular weight excluding hydrogens is 284 g/mol. The van der Waals surface area contributed by atoms with Gasteiger partial charge in [0.25, 0.3) is 0 Å². The molecule has 0 aromatic heterocycles. The molecule has 1 aliphatic rings. The van der Waals surface area contributed by atoms with Crippen LogP contribution in [0, 0.1) is 17.1 Å². The largest absolute Gasteiger partial charge is 0.416 e. The lowest BCUT2D eigenvalue weighted by Crippen LogP contribution is -2.34. The van der Waals surface area contributed by atoms with Gasteiger partial charge in [-0.25, -0.2) is 4.39 Å². The highest BCUT2D eigenvalue weighted by Gasteiger charge is 2.36. The Balaban J connectivity index is 2.27. The number of hydrogen-bond donors (Lipinski definition) is 1. The first-order valence-corrected chi connectivity index (χ1v) is 6.94. The van der Waals surface area contributed by atoms with Crippen molar-refractivity contribution in [1.29, 1.82) is 5.26 Å². The Morgan fingerprint density at radius 2 is 1.86 bits per heavy atom. The van der Waals surface area contributed by atoms with Crippen molar-refractivity contribution in [3.05, 3.63) is 35.1 Å². The van der Waals surface area contributed by atoms with E-state index in [1.807, 2.05) is 6.07 Å². The van der Waals surface area contributed by atoms with Crippen LogP contribution in [0.3, 0.4) is 0 Å². The second-order valence-electron chi connectivity index (χ2n) is 5.29. The first-order valence-electron chi connectivity index (χ1n) is 6.94. The highest BCUT2D eigenvalue weighted by molar-refractivity contribution is 5.36. The molecule has 1 N–H and O–H groups in total. The third kappa shape index (κ3) is 3.94. The zero-order valence-corrected chi connectivity index (χ0v) is 11.4. The van der Waals surface area contributed by atoms with Crippen molar-refractivity contribution in [2.45, 2.75) is 50.4 Å². The van der Waals surface area contributed by atoms with E-state index in [-0.39, 0.29) is 11.6 Å². The fourth-order valence-electron chi connectivity index (χ4n) is 2.73. The van der Waals surface area contributed by atoms with Crippen molar-refractivity contribution in [2.24, 2.45) is 0 Å².